The molecule has 0 aliphatic carbocycles. The summed E-state index contributed by atoms with van der Waals surface area (Å²) >= 11 is 5.99. The zero-order chi connectivity index (χ0) is 20.1. The third-order valence-corrected chi connectivity index (χ3v) is 5.18. The lowest BCUT2D eigenvalue weighted by Crippen LogP contribution is -2.35. The van der Waals surface area contributed by atoms with Crippen molar-refractivity contribution in [1.29, 1.82) is 0 Å². The van der Waals surface area contributed by atoms with Crippen LogP contribution >= 0.6 is 11.6 Å². The first kappa shape index (κ1) is 19.8. The van der Waals surface area contributed by atoms with Gasteiger partial charge in [0.15, 0.2) is 5.79 Å². The Hall–Kier alpha value is -2.54. The Labute approximate surface area is 175 Å². The van der Waals surface area contributed by atoms with E-state index in [1.54, 1.807) is 12.4 Å². The van der Waals surface area contributed by atoms with Crippen LogP contribution in [0.3, 0.4) is 0 Å². The molecular formula is C22H24ClN3O3. The first-order chi connectivity index (χ1) is 14.1. The van der Waals surface area contributed by atoms with E-state index in [-0.39, 0.29) is 6.10 Å². The normalized spacial score (nSPS) is 21.3. The van der Waals surface area contributed by atoms with Crippen molar-refractivity contribution in [1.82, 2.24) is 9.97 Å². The van der Waals surface area contributed by atoms with Gasteiger partial charge in [-0.3, -0.25) is 0 Å². The lowest BCUT2D eigenvalue weighted by atomic mass is 10.0. The van der Waals surface area contributed by atoms with E-state index in [0.29, 0.717) is 31.7 Å². The third-order valence-electron chi connectivity index (χ3n) is 4.93. The van der Waals surface area contributed by atoms with Gasteiger partial charge in [0.05, 0.1) is 13.0 Å². The van der Waals surface area contributed by atoms with Crippen LogP contribution in [0.25, 0.3) is 0 Å². The molecule has 2 aromatic carbocycles. The fourth-order valence-corrected chi connectivity index (χ4v) is 3.53. The van der Waals surface area contributed by atoms with Gasteiger partial charge in [-0.1, -0.05) is 23.7 Å². The highest BCUT2D eigenvalue weighted by molar-refractivity contribution is 6.30. The summed E-state index contributed by atoms with van der Waals surface area (Å²) in [4.78, 5) is 7.48. The maximum atomic E-state index is 6.36. The number of nitrogens with one attached hydrogen (secondary N) is 1. The predicted molar refractivity (Wildman–Crippen MR) is 112 cm³/mol. The number of hydrogen-bond donors (Lipinski definition) is 2. The summed E-state index contributed by atoms with van der Waals surface area (Å²) in [7, 11) is 0. The first-order valence-corrected chi connectivity index (χ1v) is 10.0. The summed E-state index contributed by atoms with van der Waals surface area (Å²) in [6, 6.07) is 15.2. The number of ether oxygens (including phenoxy) is 3. The van der Waals surface area contributed by atoms with Gasteiger partial charge in [-0.2, -0.15) is 0 Å². The molecular weight excluding hydrogens is 390 g/mol. The van der Waals surface area contributed by atoms with Gasteiger partial charge in [-0.05, 0) is 48.4 Å². The number of H-pyrrole nitrogens is 1. The van der Waals surface area contributed by atoms with E-state index >= 15 is 0 Å². The minimum absolute atomic E-state index is 0.160. The molecule has 3 aromatic rings. The van der Waals surface area contributed by atoms with Gasteiger partial charge >= 0.3 is 0 Å². The molecule has 1 fully saturated rings. The van der Waals surface area contributed by atoms with E-state index in [9.17, 15) is 0 Å². The lowest BCUT2D eigenvalue weighted by Gasteiger charge is -2.27. The molecule has 7 heteroatoms. The molecule has 0 bridgehead atoms. The molecule has 1 aliphatic rings. The number of aryl methyl sites for hydroxylation is 1. The van der Waals surface area contributed by atoms with Crippen molar-refractivity contribution in [3.63, 3.8) is 0 Å². The molecule has 1 aliphatic heterocycles. The molecule has 6 nitrogen and oxygen atoms in total. The van der Waals surface area contributed by atoms with Crippen LogP contribution in [-0.2, 0) is 22.3 Å². The second kappa shape index (κ2) is 8.86. The Morgan fingerprint density at radius 3 is 2.69 bits per heavy atom. The number of nitrogens with zero attached hydrogens (tertiary/aromatic N) is 1. The molecule has 0 spiro atoms. The molecule has 29 heavy (non-hydrogen) atoms. The molecule has 3 N–H and O–H groups in total. The number of aromatic nitrogens is 2. The van der Waals surface area contributed by atoms with Crippen LogP contribution in [0.1, 0.15) is 17.8 Å². The summed E-state index contributed by atoms with van der Waals surface area (Å²) in [5.74, 6) is 0.848. The van der Waals surface area contributed by atoms with Gasteiger partial charge < -0.3 is 24.9 Å². The fraction of sp³-hybridized carbons (Fsp3) is 0.318. The highest BCUT2D eigenvalue weighted by atomic mass is 35.5. The molecule has 152 valence electrons. The summed E-state index contributed by atoms with van der Waals surface area (Å²) in [5, 5.41) is 0.729. The number of anilines is 1. The summed E-state index contributed by atoms with van der Waals surface area (Å²) in [6.45, 7) is 0.876. The number of rotatable bonds is 8. The quantitative estimate of drug-likeness (QED) is 0.545. The van der Waals surface area contributed by atoms with E-state index in [1.165, 1.54) is 5.56 Å². The van der Waals surface area contributed by atoms with Crippen molar-refractivity contribution in [3.8, 4) is 5.75 Å². The Morgan fingerprint density at radius 1 is 1.17 bits per heavy atom. The maximum absolute atomic E-state index is 6.36. The topological polar surface area (TPSA) is 82.4 Å². The van der Waals surface area contributed by atoms with Gasteiger partial charge in [-0.15, -0.1) is 0 Å². The van der Waals surface area contributed by atoms with Gasteiger partial charge in [0.1, 0.15) is 24.3 Å². The second-order valence-electron chi connectivity index (χ2n) is 7.18. The molecule has 0 saturated carbocycles. The molecule has 0 radical (unpaired) electrons. The number of benzene rings is 2. The van der Waals surface area contributed by atoms with Gasteiger partial charge in [0.25, 0.3) is 0 Å². The Balaban J connectivity index is 1.40. The van der Waals surface area contributed by atoms with Crippen LogP contribution in [-0.4, -0.2) is 35.1 Å². The van der Waals surface area contributed by atoms with Crippen molar-refractivity contribution >= 4 is 17.3 Å². The Kier molecular flexibility index (Phi) is 6.04. The van der Waals surface area contributed by atoms with E-state index < -0.39 is 5.79 Å². The van der Waals surface area contributed by atoms with Crippen molar-refractivity contribution in [3.05, 3.63) is 77.3 Å². The fourth-order valence-electron chi connectivity index (χ4n) is 3.40. The number of imidazole rings is 1. The van der Waals surface area contributed by atoms with Crippen molar-refractivity contribution < 1.29 is 14.2 Å². The van der Waals surface area contributed by atoms with Crippen LogP contribution in [0, 0.1) is 0 Å². The van der Waals surface area contributed by atoms with Crippen LogP contribution in [0.2, 0.25) is 5.02 Å². The van der Waals surface area contributed by atoms with E-state index in [1.807, 2.05) is 48.5 Å². The standard InChI is InChI=1S/C22H24ClN3O3/c23-17-3-1-16(2-4-17)9-10-22(13-21-25-11-12-26-21)28-15-20(29-22)14-27-19-7-5-18(24)6-8-19/h1-8,11-12,20H,9-10,13-15,24H2,(H,25,26)/t20-,22+/m0/s1. The van der Waals surface area contributed by atoms with Gasteiger partial charge in [0.2, 0.25) is 0 Å². The zero-order valence-electron chi connectivity index (χ0n) is 16.0. The number of nitrogen functional groups attached to an aromatic ring is 1. The molecule has 2 heterocycles. The minimum Gasteiger partial charge on any atom is -0.491 e. The monoisotopic (exact) mass is 413 g/mol. The molecule has 4 rings (SSSR count). The number of aromatic amines is 1. The number of hydrogen-bond acceptors (Lipinski definition) is 5. The van der Waals surface area contributed by atoms with E-state index in [0.717, 1.165) is 23.0 Å². The largest absolute Gasteiger partial charge is 0.491 e. The van der Waals surface area contributed by atoms with Crippen LogP contribution < -0.4 is 10.5 Å². The number of halogens is 1. The minimum atomic E-state index is -0.743. The third kappa shape index (κ3) is 5.29. The number of nitrogens with two attached hydrogens (primary N) is 1. The Morgan fingerprint density at radius 2 is 1.97 bits per heavy atom. The van der Waals surface area contributed by atoms with Crippen molar-refractivity contribution in [2.75, 3.05) is 18.9 Å². The van der Waals surface area contributed by atoms with Crippen molar-refractivity contribution in [2.24, 2.45) is 0 Å². The molecule has 0 unspecified atom stereocenters. The zero-order valence-corrected chi connectivity index (χ0v) is 16.8. The van der Waals surface area contributed by atoms with E-state index in [2.05, 4.69) is 9.97 Å². The second-order valence-corrected chi connectivity index (χ2v) is 7.62. The molecule has 1 aromatic heterocycles. The molecule has 1 saturated heterocycles. The summed E-state index contributed by atoms with van der Waals surface area (Å²) in [5.41, 5.74) is 7.61. The highest BCUT2D eigenvalue weighted by Crippen LogP contribution is 2.32. The van der Waals surface area contributed by atoms with Crippen LogP contribution in [0.15, 0.2) is 60.9 Å². The van der Waals surface area contributed by atoms with Crippen LogP contribution in [0.4, 0.5) is 5.69 Å². The SMILES string of the molecule is Nc1ccc(OC[C@H]2CO[C@@](CCc3ccc(Cl)cc3)(Cc3ncc[nH]3)O2)cc1. The maximum Gasteiger partial charge on any atom is 0.176 e. The smallest absolute Gasteiger partial charge is 0.176 e. The van der Waals surface area contributed by atoms with E-state index in [4.69, 9.17) is 31.5 Å². The first-order valence-electron chi connectivity index (χ1n) is 9.63. The Bertz CT molecular complexity index is 900. The highest BCUT2D eigenvalue weighted by Gasteiger charge is 2.42. The van der Waals surface area contributed by atoms with Gasteiger partial charge in [-0.25, -0.2) is 4.98 Å². The molecule has 0 amide bonds. The lowest BCUT2D eigenvalue weighted by molar-refractivity contribution is -0.174. The van der Waals surface area contributed by atoms with Crippen LogP contribution in [0.5, 0.6) is 5.75 Å². The summed E-state index contributed by atoms with van der Waals surface area (Å²) < 4.78 is 18.4. The average molecular weight is 414 g/mol. The predicted octanol–water partition coefficient (Wildman–Crippen LogP) is 4.01. The molecule has 2 atom stereocenters. The summed E-state index contributed by atoms with van der Waals surface area (Å²) in [6.07, 6.45) is 5.44. The van der Waals surface area contributed by atoms with Gasteiger partial charge in [0, 0.05) is 29.5 Å². The van der Waals surface area contributed by atoms with Crippen molar-refractivity contribution in [2.45, 2.75) is 31.2 Å². The average Bonchev–Trinajstić information content (AvgIpc) is 3.38.